The average molecular weight is 311 g/mol. The van der Waals surface area contributed by atoms with E-state index in [4.69, 9.17) is 19.2 Å². The lowest BCUT2D eigenvalue weighted by molar-refractivity contribution is 0.279. The number of benzene rings is 2. The molecule has 0 spiro atoms. The molecule has 0 aromatic heterocycles. The highest BCUT2D eigenvalue weighted by Gasteiger charge is 2.28. The van der Waals surface area contributed by atoms with Gasteiger partial charge in [-0.1, -0.05) is 18.2 Å². The second-order valence-electron chi connectivity index (χ2n) is 6.13. The molecule has 0 aliphatic carbocycles. The van der Waals surface area contributed by atoms with Gasteiger partial charge in [-0.05, 0) is 37.6 Å². The molecule has 23 heavy (non-hydrogen) atoms. The molecule has 0 atom stereocenters. The Labute approximate surface area is 136 Å². The Morgan fingerprint density at radius 2 is 1.70 bits per heavy atom. The molecule has 4 nitrogen and oxygen atoms in total. The minimum Gasteiger partial charge on any atom is -0.497 e. The molecule has 0 N–H and O–H groups in total. The van der Waals surface area contributed by atoms with Gasteiger partial charge in [-0.15, -0.1) is 0 Å². The summed E-state index contributed by atoms with van der Waals surface area (Å²) in [5.41, 5.74) is 2.80. The predicted molar refractivity (Wildman–Crippen MR) is 91.6 cm³/mol. The molecule has 1 heterocycles. The molecular weight excluding hydrogens is 290 g/mol. The van der Waals surface area contributed by atoms with Crippen LogP contribution in [0.5, 0.6) is 11.5 Å². The second-order valence-corrected chi connectivity index (χ2v) is 6.13. The van der Waals surface area contributed by atoms with Crippen molar-refractivity contribution < 1.29 is 14.2 Å². The van der Waals surface area contributed by atoms with E-state index in [0.717, 1.165) is 28.2 Å². The van der Waals surface area contributed by atoms with Gasteiger partial charge >= 0.3 is 0 Å². The van der Waals surface area contributed by atoms with Crippen LogP contribution in [0.2, 0.25) is 0 Å². The van der Waals surface area contributed by atoms with Crippen LogP contribution in [0.15, 0.2) is 47.5 Å². The van der Waals surface area contributed by atoms with Gasteiger partial charge in [0.25, 0.3) is 0 Å². The Morgan fingerprint density at radius 3 is 2.30 bits per heavy atom. The molecule has 1 aliphatic heterocycles. The van der Waals surface area contributed by atoms with Gasteiger partial charge < -0.3 is 14.2 Å². The monoisotopic (exact) mass is 311 g/mol. The van der Waals surface area contributed by atoms with Crippen LogP contribution in [0.4, 0.5) is 0 Å². The zero-order chi connectivity index (χ0) is 16.4. The highest BCUT2D eigenvalue weighted by atomic mass is 16.5. The third-order valence-corrected chi connectivity index (χ3v) is 3.82. The minimum atomic E-state index is -0.188. The fourth-order valence-electron chi connectivity index (χ4n) is 2.65. The van der Waals surface area contributed by atoms with Crippen LogP contribution in [0.25, 0.3) is 11.1 Å². The Kier molecular flexibility index (Phi) is 3.99. The molecule has 120 valence electrons. The van der Waals surface area contributed by atoms with E-state index >= 15 is 0 Å². The van der Waals surface area contributed by atoms with Crippen molar-refractivity contribution in [3.8, 4) is 22.6 Å². The molecule has 2 aromatic carbocycles. The summed E-state index contributed by atoms with van der Waals surface area (Å²) < 4.78 is 16.6. The predicted octanol–water partition coefficient (Wildman–Crippen LogP) is 3.93. The van der Waals surface area contributed by atoms with Crippen molar-refractivity contribution in [2.45, 2.75) is 19.4 Å². The summed E-state index contributed by atoms with van der Waals surface area (Å²) in [6.45, 7) is 4.73. The van der Waals surface area contributed by atoms with Crippen LogP contribution >= 0.6 is 0 Å². The first kappa shape index (κ1) is 15.4. The maximum absolute atomic E-state index is 5.82. The van der Waals surface area contributed by atoms with E-state index in [-0.39, 0.29) is 5.54 Å². The summed E-state index contributed by atoms with van der Waals surface area (Å²) in [5.74, 6) is 2.21. The van der Waals surface area contributed by atoms with Crippen molar-refractivity contribution in [1.29, 1.82) is 0 Å². The third kappa shape index (κ3) is 3.02. The normalized spacial score (nSPS) is 15.7. The number of nitrogens with zero attached hydrogens (tertiary/aromatic N) is 1. The van der Waals surface area contributed by atoms with E-state index in [1.165, 1.54) is 0 Å². The van der Waals surface area contributed by atoms with Crippen molar-refractivity contribution in [2.24, 2.45) is 4.99 Å². The molecule has 3 rings (SSSR count). The lowest BCUT2D eigenvalue weighted by atomic mass is 9.98. The van der Waals surface area contributed by atoms with E-state index < -0.39 is 0 Å². The van der Waals surface area contributed by atoms with Crippen molar-refractivity contribution in [1.82, 2.24) is 0 Å². The van der Waals surface area contributed by atoms with Gasteiger partial charge in [-0.25, -0.2) is 4.99 Å². The van der Waals surface area contributed by atoms with E-state index in [9.17, 15) is 0 Å². The van der Waals surface area contributed by atoms with Crippen LogP contribution in [-0.4, -0.2) is 32.3 Å². The maximum Gasteiger partial charge on any atom is 0.217 e. The molecule has 0 fully saturated rings. The first-order valence-electron chi connectivity index (χ1n) is 7.58. The van der Waals surface area contributed by atoms with Crippen LogP contribution in [0.3, 0.4) is 0 Å². The lowest BCUT2D eigenvalue weighted by Crippen LogP contribution is -2.17. The van der Waals surface area contributed by atoms with Crippen LogP contribution in [0, 0.1) is 0 Å². The van der Waals surface area contributed by atoms with Gasteiger partial charge in [0.05, 0.1) is 19.8 Å². The van der Waals surface area contributed by atoms with E-state index in [2.05, 4.69) is 19.9 Å². The Morgan fingerprint density at radius 1 is 0.957 bits per heavy atom. The Hall–Kier alpha value is -2.49. The highest BCUT2D eigenvalue weighted by molar-refractivity contribution is 6.02. The summed E-state index contributed by atoms with van der Waals surface area (Å²) in [4.78, 5) is 4.69. The fourth-order valence-corrected chi connectivity index (χ4v) is 2.65. The number of hydrogen-bond acceptors (Lipinski definition) is 4. The minimum absolute atomic E-state index is 0.188. The Bertz CT molecular complexity index is 750. The number of rotatable bonds is 4. The van der Waals surface area contributed by atoms with E-state index in [1.807, 2.05) is 36.4 Å². The van der Waals surface area contributed by atoms with Gasteiger partial charge in [-0.3, -0.25) is 0 Å². The lowest BCUT2D eigenvalue weighted by Gasteiger charge is -2.14. The molecule has 4 heteroatoms. The van der Waals surface area contributed by atoms with Crippen LogP contribution in [0.1, 0.15) is 19.4 Å². The number of hydrogen-bond donors (Lipinski definition) is 0. The largest absolute Gasteiger partial charge is 0.497 e. The van der Waals surface area contributed by atoms with Crippen molar-refractivity contribution in [3.63, 3.8) is 0 Å². The number of ether oxygens (including phenoxy) is 3. The molecule has 0 saturated carbocycles. The number of methoxy groups -OCH3 is 2. The van der Waals surface area contributed by atoms with Crippen LogP contribution < -0.4 is 9.47 Å². The summed E-state index contributed by atoms with van der Waals surface area (Å²) in [6.07, 6.45) is 0. The van der Waals surface area contributed by atoms with Gasteiger partial charge in [0.1, 0.15) is 18.1 Å². The molecule has 1 aliphatic rings. The summed E-state index contributed by atoms with van der Waals surface area (Å²) in [5, 5.41) is 0. The maximum atomic E-state index is 5.82. The zero-order valence-corrected chi connectivity index (χ0v) is 13.9. The van der Waals surface area contributed by atoms with Gasteiger partial charge in [-0.2, -0.15) is 0 Å². The molecule has 0 unspecified atom stereocenters. The molecule has 0 radical (unpaired) electrons. The fraction of sp³-hybridized carbons (Fsp3) is 0.316. The van der Waals surface area contributed by atoms with Gasteiger partial charge in [0, 0.05) is 17.2 Å². The summed E-state index contributed by atoms with van der Waals surface area (Å²) >= 11 is 0. The van der Waals surface area contributed by atoms with Gasteiger partial charge in [0.15, 0.2) is 0 Å². The quantitative estimate of drug-likeness (QED) is 0.859. The highest BCUT2D eigenvalue weighted by Crippen LogP contribution is 2.36. The average Bonchev–Trinajstić information content (AvgIpc) is 2.94. The molecule has 0 amide bonds. The molecule has 0 bridgehead atoms. The molecule has 2 aromatic rings. The smallest absolute Gasteiger partial charge is 0.217 e. The Balaban J connectivity index is 2.12. The summed E-state index contributed by atoms with van der Waals surface area (Å²) in [6, 6.07) is 13.9. The van der Waals surface area contributed by atoms with Crippen LogP contribution in [-0.2, 0) is 4.74 Å². The van der Waals surface area contributed by atoms with Crippen molar-refractivity contribution in [3.05, 3.63) is 48.0 Å². The van der Waals surface area contributed by atoms with E-state index in [1.54, 1.807) is 14.2 Å². The second kappa shape index (κ2) is 5.95. The SMILES string of the molecule is COc1ccc(-c2ccccc2C2=NC(C)(C)CO2)c(OC)c1. The van der Waals surface area contributed by atoms with E-state index in [0.29, 0.717) is 12.5 Å². The summed E-state index contributed by atoms with van der Waals surface area (Å²) in [7, 11) is 3.30. The van der Waals surface area contributed by atoms with Crippen molar-refractivity contribution >= 4 is 5.90 Å². The van der Waals surface area contributed by atoms with Crippen molar-refractivity contribution in [2.75, 3.05) is 20.8 Å². The standard InChI is InChI=1S/C19H21NO3/c1-19(2)12-23-18(20-19)16-8-6-5-7-14(16)15-10-9-13(21-3)11-17(15)22-4/h5-11H,12H2,1-4H3. The first-order chi connectivity index (χ1) is 11.0. The number of aliphatic imine (C=N–C) groups is 1. The third-order valence-electron chi connectivity index (χ3n) is 3.82. The van der Waals surface area contributed by atoms with Gasteiger partial charge in [0.2, 0.25) is 5.90 Å². The first-order valence-corrected chi connectivity index (χ1v) is 7.58. The molecular formula is C19H21NO3. The topological polar surface area (TPSA) is 40.0 Å². The zero-order valence-electron chi connectivity index (χ0n) is 13.9. The molecule has 0 saturated heterocycles.